The second-order valence-electron chi connectivity index (χ2n) is 0.741. The smallest absolute Gasteiger partial charge is 0.0905 e. The van der Waals surface area contributed by atoms with Gasteiger partial charge in [0, 0.05) is 6.08 Å². The van der Waals surface area contributed by atoms with Crippen molar-refractivity contribution < 1.29 is 0 Å². The minimum Gasteiger partial charge on any atom is -0.344 e. The molecule has 0 heterocycles. The number of rotatable bonds is 0. The number of allylic oxidation sites excluding steroid dienone is 2. The molecule has 0 unspecified atom stereocenters. The summed E-state index contributed by atoms with van der Waals surface area (Å²) in [5.41, 5.74) is 0. The normalized spacial score (nSPS) is 3.50. The molecule has 0 aliphatic rings. The fraction of sp³-hybridized carbons (Fsp3) is 0.167. The van der Waals surface area contributed by atoms with Gasteiger partial charge in [0.25, 0.3) is 0 Å². The number of hydrogen-bond donors (Lipinski definition) is 1. The summed E-state index contributed by atoms with van der Waals surface area (Å²) in [4.78, 5) is 0. The third-order valence-corrected chi connectivity index (χ3v) is 0.0913. The highest BCUT2D eigenvalue weighted by atomic mass is 14.2. The summed E-state index contributed by atoms with van der Waals surface area (Å²) in [7, 11) is 0. The molecule has 2 nitrogen and oxygen atoms in total. The van der Waals surface area contributed by atoms with Crippen LogP contribution in [0, 0.1) is 11.3 Å². The molecular weight excluding hydrogens is 100 g/mol. The van der Waals surface area contributed by atoms with Gasteiger partial charge in [-0.1, -0.05) is 12.7 Å². The van der Waals surface area contributed by atoms with Gasteiger partial charge >= 0.3 is 0 Å². The summed E-state index contributed by atoms with van der Waals surface area (Å²) in [6, 6.07) is 1.69. The van der Waals surface area contributed by atoms with Crippen LogP contribution < -0.4 is 6.15 Å². The zero-order chi connectivity index (χ0) is 6.12. The molecule has 0 aromatic carbocycles. The molecule has 0 amide bonds. The molecule has 8 heavy (non-hydrogen) atoms. The van der Waals surface area contributed by atoms with Crippen LogP contribution in [0.1, 0.15) is 6.92 Å². The topological polar surface area (TPSA) is 58.8 Å². The van der Waals surface area contributed by atoms with Gasteiger partial charge in [-0.15, -0.1) is 6.58 Å². The van der Waals surface area contributed by atoms with Gasteiger partial charge in [-0.25, -0.2) is 0 Å². The van der Waals surface area contributed by atoms with Gasteiger partial charge in [0.05, 0.1) is 6.07 Å². The van der Waals surface area contributed by atoms with E-state index in [0.717, 1.165) is 0 Å². The van der Waals surface area contributed by atoms with Crippen molar-refractivity contribution in [1.82, 2.24) is 6.15 Å². The average Bonchev–Trinajstić information content (AvgIpc) is 1.69. The van der Waals surface area contributed by atoms with Crippen LogP contribution in [-0.2, 0) is 0 Å². The first-order valence-electron chi connectivity index (χ1n) is 1.91. The van der Waals surface area contributed by atoms with Crippen molar-refractivity contribution in [3.05, 3.63) is 25.3 Å². The van der Waals surface area contributed by atoms with Crippen molar-refractivity contribution in [1.29, 1.82) is 5.26 Å². The van der Waals surface area contributed by atoms with Crippen molar-refractivity contribution in [2.45, 2.75) is 6.92 Å². The zero-order valence-electron chi connectivity index (χ0n) is 5.22. The molecule has 46 valence electrons. The molecular formula is C6H12N2. The molecule has 0 atom stereocenters. The first-order valence-corrected chi connectivity index (χ1v) is 1.91. The van der Waals surface area contributed by atoms with E-state index in [0.29, 0.717) is 0 Å². The predicted molar refractivity (Wildman–Crippen MR) is 36.7 cm³/mol. The van der Waals surface area contributed by atoms with Crippen molar-refractivity contribution in [2.24, 2.45) is 0 Å². The summed E-state index contributed by atoms with van der Waals surface area (Å²) in [5, 5.41) is 7.51. The molecule has 3 N–H and O–H groups in total. The van der Waals surface area contributed by atoms with E-state index in [1.165, 1.54) is 6.08 Å². The summed E-state index contributed by atoms with van der Waals surface area (Å²) < 4.78 is 0. The lowest BCUT2D eigenvalue weighted by atomic mass is 10.8. The zero-order valence-corrected chi connectivity index (χ0v) is 5.22. The highest BCUT2D eigenvalue weighted by molar-refractivity contribution is 4.93. The van der Waals surface area contributed by atoms with E-state index in [4.69, 9.17) is 5.26 Å². The van der Waals surface area contributed by atoms with Crippen LogP contribution in [0.4, 0.5) is 0 Å². The van der Waals surface area contributed by atoms with Crippen LogP contribution in [-0.4, -0.2) is 0 Å². The maximum Gasteiger partial charge on any atom is 0.0905 e. The fourth-order valence-electron chi connectivity index (χ4n) is 0. The Balaban J connectivity index is -0.0000000575. The van der Waals surface area contributed by atoms with E-state index in [9.17, 15) is 0 Å². The second-order valence-corrected chi connectivity index (χ2v) is 0.741. The van der Waals surface area contributed by atoms with Crippen LogP contribution in [0.2, 0.25) is 0 Å². The molecule has 0 aliphatic carbocycles. The summed E-state index contributed by atoms with van der Waals surface area (Å²) >= 11 is 0. The first kappa shape index (κ1) is 15.8. The molecule has 0 spiro atoms. The van der Waals surface area contributed by atoms with Crippen molar-refractivity contribution in [3.63, 3.8) is 0 Å². The average molecular weight is 112 g/mol. The van der Waals surface area contributed by atoms with Gasteiger partial charge in [-0.05, 0) is 6.92 Å². The number of nitrogens with zero attached hydrogens (tertiary/aromatic N) is 1. The van der Waals surface area contributed by atoms with Crippen molar-refractivity contribution in [2.75, 3.05) is 0 Å². The Hall–Kier alpha value is -1.07. The van der Waals surface area contributed by atoms with E-state index in [-0.39, 0.29) is 6.15 Å². The SMILES string of the molecule is C=CC.C=CC#N.N. The Labute approximate surface area is 50.7 Å². The Morgan fingerprint density at radius 2 is 1.62 bits per heavy atom. The summed E-state index contributed by atoms with van der Waals surface area (Å²) in [6.07, 6.45) is 2.93. The molecule has 0 rings (SSSR count). The predicted octanol–water partition coefficient (Wildman–Crippen LogP) is 2.05. The van der Waals surface area contributed by atoms with Crippen LogP contribution in [0.25, 0.3) is 0 Å². The third-order valence-electron chi connectivity index (χ3n) is 0.0913. The van der Waals surface area contributed by atoms with E-state index in [1.807, 2.05) is 6.92 Å². The summed E-state index contributed by atoms with van der Waals surface area (Å²) in [6.45, 7) is 8.37. The van der Waals surface area contributed by atoms with E-state index in [1.54, 1.807) is 12.1 Å². The standard InChI is InChI=1S/C3H3N.C3H6.H3N/c1-2-3-4;1-3-2;/h2H,1H2;3H,1H2,2H3;1H3. The molecule has 0 bridgehead atoms. The monoisotopic (exact) mass is 112 g/mol. The van der Waals surface area contributed by atoms with Crippen molar-refractivity contribution >= 4 is 0 Å². The molecule has 0 radical (unpaired) electrons. The van der Waals surface area contributed by atoms with Crippen LogP contribution in [0.3, 0.4) is 0 Å². The number of hydrogen-bond acceptors (Lipinski definition) is 2. The Kier molecular flexibility index (Phi) is 76.3. The molecule has 0 saturated heterocycles. The molecule has 2 heteroatoms. The minimum atomic E-state index is 0. The van der Waals surface area contributed by atoms with E-state index < -0.39 is 0 Å². The third kappa shape index (κ3) is 15500. The largest absolute Gasteiger partial charge is 0.344 e. The maximum absolute atomic E-state index is 7.51. The quantitative estimate of drug-likeness (QED) is 0.385. The van der Waals surface area contributed by atoms with Gasteiger partial charge in [0.2, 0.25) is 0 Å². The minimum absolute atomic E-state index is 0. The van der Waals surface area contributed by atoms with Gasteiger partial charge in [-0.3, -0.25) is 0 Å². The second kappa shape index (κ2) is 38.7. The van der Waals surface area contributed by atoms with Gasteiger partial charge in [0.1, 0.15) is 0 Å². The van der Waals surface area contributed by atoms with Crippen molar-refractivity contribution in [3.8, 4) is 6.07 Å². The Bertz CT molecular complexity index is 79.0. The van der Waals surface area contributed by atoms with Crippen LogP contribution in [0.15, 0.2) is 25.3 Å². The Morgan fingerprint density at radius 3 is 1.62 bits per heavy atom. The van der Waals surface area contributed by atoms with Crippen LogP contribution in [0.5, 0.6) is 0 Å². The first-order chi connectivity index (χ1) is 3.33. The summed E-state index contributed by atoms with van der Waals surface area (Å²) in [5.74, 6) is 0. The van der Waals surface area contributed by atoms with Gasteiger partial charge in [-0.2, -0.15) is 5.26 Å². The van der Waals surface area contributed by atoms with Gasteiger partial charge < -0.3 is 6.15 Å². The molecule has 0 fully saturated rings. The Morgan fingerprint density at radius 1 is 1.50 bits per heavy atom. The van der Waals surface area contributed by atoms with Crippen LogP contribution >= 0.6 is 0 Å². The molecule has 0 aromatic rings. The highest BCUT2D eigenvalue weighted by Crippen LogP contribution is 1.41. The molecule has 0 aromatic heterocycles. The lowest BCUT2D eigenvalue weighted by molar-refractivity contribution is 1.54. The lowest BCUT2D eigenvalue weighted by Crippen LogP contribution is -1.23. The lowest BCUT2D eigenvalue weighted by Gasteiger charge is -1.31. The molecule has 0 aliphatic heterocycles. The number of nitriles is 1. The fourth-order valence-corrected chi connectivity index (χ4v) is 0. The van der Waals surface area contributed by atoms with E-state index >= 15 is 0 Å². The molecule has 0 saturated carbocycles. The maximum atomic E-state index is 7.51. The highest BCUT2D eigenvalue weighted by Gasteiger charge is 1.34. The van der Waals surface area contributed by atoms with Gasteiger partial charge in [0.15, 0.2) is 0 Å². The van der Waals surface area contributed by atoms with E-state index in [2.05, 4.69) is 13.2 Å².